The Morgan fingerprint density at radius 3 is 1.65 bits per heavy atom. The second-order valence-corrected chi connectivity index (χ2v) is 11.6. The van der Waals surface area contributed by atoms with Crippen LogP contribution >= 0.6 is 23.2 Å². The van der Waals surface area contributed by atoms with Crippen LogP contribution in [-0.4, -0.2) is 49.8 Å². The lowest BCUT2D eigenvalue weighted by Gasteiger charge is -2.20. The van der Waals surface area contributed by atoms with Crippen molar-refractivity contribution in [1.82, 2.24) is 0 Å². The van der Waals surface area contributed by atoms with Crippen molar-refractivity contribution in [3.63, 3.8) is 0 Å². The van der Waals surface area contributed by atoms with Crippen LogP contribution in [0.3, 0.4) is 0 Å². The highest BCUT2D eigenvalue weighted by atomic mass is 35.5. The van der Waals surface area contributed by atoms with Gasteiger partial charge in [0.25, 0.3) is 0 Å². The molecule has 0 spiro atoms. The minimum atomic E-state index is -0.669. The Bertz CT molecular complexity index is 1820. The summed E-state index contributed by atoms with van der Waals surface area (Å²) in [5.74, 6) is 2.24. The molecule has 1 unspecified atom stereocenters. The van der Waals surface area contributed by atoms with E-state index < -0.39 is 12.1 Å². The molecule has 270 valence electrons. The molecule has 0 aliphatic rings. The summed E-state index contributed by atoms with van der Waals surface area (Å²) in [6.07, 6.45) is 0.759. The van der Waals surface area contributed by atoms with E-state index >= 15 is 0 Å². The zero-order valence-corrected chi connectivity index (χ0v) is 30.0. The van der Waals surface area contributed by atoms with Crippen molar-refractivity contribution in [2.45, 2.75) is 18.9 Å². The number of ether oxygens (including phenoxy) is 6. The summed E-state index contributed by atoms with van der Waals surface area (Å²) in [7, 11) is 0. The number of esters is 2. The zero-order valence-electron chi connectivity index (χ0n) is 28.5. The summed E-state index contributed by atoms with van der Waals surface area (Å²) in [6, 6.07) is 42.8. The standard InChI is InChI=1S/C37H33ClO6.C5H7ClO2/c38-23-22-37(39)44-32(26-41-35-20-9-7-18-33(35)28-12-3-1-4-13-28)25-40-30-16-11-17-31(24-30)42-27-43-36-21-10-8-19-34(36)29-14-5-2-6-15-29;1-2-8-5(7)3-4-6/h1-21,24,32H,22-23,25-27H2;2H,1,3-4H2. The van der Waals surface area contributed by atoms with Crippen LogP contribution in [0.15, 0.2) is 146 Å². The Balaban J connectivity index is 0.000000677. The van der Waals surface area contributed by atoms with Gasteiger partial charge in [0.05, 0.1) is 19.1 Å². The Morgan fingerprint density at radius 2 is 1.08 bits per heavy atom. The predicted octanol–water partition coefficient (Wildman–Crippen LogP) is 9.74. The van der Waals surface area contributed by atoms with Crippen molar-refractivity contribution in [2.24, 2.45) is 0 Å². The van der Waals surface area contributed by atoms with Crippen molar-refractivity contribution >= 4 is 35.1 Å². The van der Waals surface area contributed by atoms with Gasteiger partial charge in [0, 0.05) is 29.0 Å². The molecule has 8 nitrogen and oxygen atoms in total. The van der Waals surface area contributed by atoms with E-state index in [0.717, 1.165) is 34.3 Å². The average Bonchev–Trinajstić information content (AvgIpc) is 3.18. The molecule has 1 atom stereocenters. The first kappa shape index (κ1) is 39.3. The smallest absolute Gasteiger partial charge is 0.311 e. The van der Waals surface area contributed by atoms with Gasteiger partial charge in [0.1, 0.15) is 36.2 Å². The highest BCUT2D eigenvalue weighted by molar-refractivity contribution is 6.19. The summed E-state index contributed by atoms with van der Waals surface area (Å²) < 4.78 is 34.0. The van der Waals surface area contributed by atoms with Crippen molar-refractivity contribution in [3.8, 4) is 45.3 Å². The maximum atomic E-state index is 12.3. The van der Waals surface area contributed by atoms with Crippen molar-refractivity contribution in [1.29, 1.82) is 0 Å². The van der Waals surface area contributed by atoms with E-state index in [1.807, 2.05) is 127 Å². The van der Waals surface area contributed by atoms with E-state index in [-0.39, 0.29) is 44.7 Å². The lowest BCUT2D eigenvalue weighted by atomic mass is 10.1. The Kier molecular flexibility index (Phi) is 16.9. The molecular formula is C42H40Cl2O8. The molecule has 10 heteroatoms. The highest BCUT2D eigenvalue weighted by Gasteiger charge is 2.18. The molecule has 5 rings (SSSR count). The van der Waals surface area contributed by atoms with E-state index in [1.165, 1.54) is 0 Å². The van der Waals surface area contributed by atoms with Gasteiger partial charge in [-0.25, -0.2) is 0 Å². The number of carbonyl (C=O) groups excluding carboxylic acids is 2. The van der Waals surface area contributed by atoms with Crippen LogP contribution in [0.1, 0.15) is 12.8 Å². The van der Waals surface area contributed by atoms with Crippen LogP contribution < -0.4 is 18.9 Å². The Labute approximate surface area is 314 Å². The van der Waals surface area contributed by atoms with E-state index in [4.69, 9.17) is 46.9 Å². The van der Waals surface area contributed by atoms with Crippen molar-refractivity contribution < 1.29 is 38.0 Å². The van der Waals surface area contributed by atoms with Crippen LogP contribution in [0, 0.1) is 0 Å². The van der Waals surface area contributed by atoms with Crippen LogP contribution in [0.25, 0.3) is 22.3 Å². The van der Waals surface area contributed by atoms with Gasteiger partial charge in [0.15, 0.2) is 6.10 Å². The molecule has 5 aromatic carbocycles. The van der Waals surface area contributed by atoms with E-state index in [2.05, 4.69) is 11.3 Å². The fraction of sp³-hybridized carbons (Fsp3) is 0.190. The molecule has 0 aliphatic heterocycles. The molecule has 0 bridgehead atoms. The number of benzene rings is 5. The molecule has 0 heterocycles. The second-order valence-electron chi connectivity index (χ2n) is 10.9. The molecule has 0 saturated carbocycles. The SMILES string of the molecule is C=COC(=O)CCCl.O=C(CCCl)OC(COc1cccc(OCOc2ccccc2-c2ccccc2)c1)COc1ccccc1-c1ccccc1. The first-order valence-corrected chi connectivity index (χ1v) is 17.6. The minimum absolute atomic E-state index is 0.0145. The van der Waals surface area contributed by atoms with Gasteiger partial charge in [-0.15, -0.1) is 23.2 Å². The molecule has 0 aliphatic carbocycles. The third-order valence-electron chi connectivity index (χ3n) is 7.16. The maximum Gasteiger partial charge on any atom is 0.311 e. The summed E-state index contributed by atoms with van der Waals surface area (Å²) in [4.78, 5) is 22.6. The van der Waals surface area contributed by atoms with E-state index in [0.29, 0.717) is 23.1 Å². The second kappa shape index (κ2) is 22.4. The minimum Gasteiger partial charge on any atom is -0.489 e. The van der Waals surface area contributed by atoms with Gasteiger partial charge < -0.3 is 28.4 Å². The third-order valence-corrected chi connectivity index (χ3v) is 7.54. The van der Waals surface area contributed by atoms with Gasteiger partial charge in [-0.2, -0.15) is 0 Å². The fourth-order valence-corrected chi connectivity index (χ4v) is 5.06. The van der Waals surface area contributed by atoms with Gasteiger partial charge in [0.2, 0.25) is 6.79 Å². The lowest BCUT2D eigenvalue weighted by molar-refractivity contribution is -0.151. The van der Waals surface area contributed by atoms with E-state index in [9.17, 15) is 9.59 Å². The number of carbonyl (C=O) groups is 2. The first-order chi connectivity index (χ1) is 25.5. The molecule has 0 amide bonds. The van der Waals surface area contributed by atoms with Crippen LogP contribution in [-0.2, 0) is 19.1 Å². The van der Waals surface area contributed by atoms with Gasteiger partial charge in [-0.1, -0.05) is 110 Å². The average molecular weight is 744 g/mol. The highest BCUT2D eigenvalue weighted by Crippen LogP contribution is 2.31. The summed E-state index contributed by atoms with van der Waals surface area (Å²) in [6.45, 7) is 3.39. The number of rotatable bonds is 18. The molecule has 52 heavy (non-hydrogen) atoms. The van der Waals surface area contributed by atoms with Gasteiger partial charge in [-0.05, 0) is 35.4 Å². The van der Waals surface area contributed by atoms with Crippen molar-refractivity contribution in [2.75, 3.05) is 31.8 Å². The van der Waals surface area contributed by atoms with E-state index in [1.54, 1.807) is 6.07 Å². The summed E-state index contributed by atoms with van der Waals surface area (Å²) >= 11 is 11.0. The maximum absolute atomic E-state index is 12.3. The number of halogens is 2. The zero-order chi connectivity index (χ0) is 36.8. The quantitative estimate of drug-likeness (QED) is 0.0380. The normalized spacial score (nSPS) is 10.8. The largest absolute Gasteiger partial charge is 0.489 e. The molecule has 5 aromatic rings. The monoisotopic (exact) mass is 742 g/mol. The molecule has 0 N–H and O–H groups in total. The molecule has 0 radical (unpaired) electrons. The summed E-state index contributed by atoms with van der Waals surface area (Å²) in [5.41, 5.74) is 4.02. The molecule has 0 saturated heterocycles. The van der Waals surface area contributed by atoms with Crippen LogP contribution in [0.5, 0.6) is 23.0 Å². The number of hydrogen-bond donors (Lipinski definition) is 0. The number of alkyl halides is 2. The fourth-order valence-electron chi connectivity index (χ4n) is 4.75. The van der Waals surface area contributed by atoms with Gasteiger partial charge in [-0.3, -0.25) is 9.59 Å². The lowest BCUT2D eigenvalue weighted by Crippen LogP contribution is -2.31. The topological polar surface area (TPSA) is 89.5 Å². The van der Waals surface area contributed by atoms with Crippen molar-refractivity contribution in [3.05, 3.63) is 146 Å². The van der Waals surface area contributed by atoms with Crippen LogP contribution in [0.4, 0.5) is 0 Å². The molecule has 0 fully saturated rings. The Hall–Kier alpha value is -5.44. The number of para-hydroxylation sites is 2. The first-order valence-electron chi connectivity index (χ1n) is 16.5. The predicted molar refractivity (Wildman–Crippen MR) is 204 cm³/mol. The third kappa shape index (κ3) is 13.4. The number of hydrogen-bond acceptors (Lipinski definition) is 8. The molecule has 0 aromatic heterocycles. The Morgan fingerprint density at radius 1 is 0.577 bits per heavy atom. The van der Waals surface area contributed by atoms with Gasteiger partial charge >= 0.3 is 11.9 Å². The molecular weight excluding hydrogens is 703 g/mol. The summed E-state index contributed by atoms with van der Waals surface area (Å²) in [5, 5.41) is 0. The van der Waals surface area contributed by atoms with Crippen LogP contribution in [0.2, 0.25) is 0 Å².